The van der Waals surface area contributed by atoms with Gasteiger partial charge in [0.2, 0.25) is 0 Å². The minimum atomic E-state index is -0.0832. The van der Waals surface area contributed by atoms with E-state index in [1.165, 1.54) is 5.56 Å². The van der Waals surface area contributed by atoms with E-state index in [0.717, 1.165) is 23.0 Å². The van der Waals surface area contributed by atoms with Crippen LogP contribution < -0.4 is 5.56 Å². The second-order valence-electron chi connectivity index (χ2n) is 5.28. The fourth-order valence-electron chi connectivity index (χ4n) is 2.45. The van der Waals surface area contributed by atoms with Gasteiger partial charge in [0.15, 0.2) is 0 Å². The molecule has 0 N–H and O–H groups in total. The summed E-state index contributed by atoms with van der Waals surface area (Å²) in [5.41, 5.74) is 4.41. The number of para-hydroxylation sites is 2. The van der Waals surface area contributed by atoms with Crippen molar-refractivity contribution in [2.45, 2.75) is 13.3 Å². The number of rotatable bonds is 3. The molecule has 0 spiro atoms. The highest BCUT2D eigenvalue weighted by molar-refractivity contribution is 5.77. The maximum atomic E-state index is 12.4. The van der Waals surface area contributed by atoms with E-state index in [0.29, 0.717) is 5.69 Å². The van der Waals surface area contributed by atoms with Gasteiger partial charge in [-0.15, -0.1) is 0 Å². The Morgan fingerprint density at radius 3 is 2.50 bits per heavy atom. The van der Waals surface area contributed by atoms with Crippen LogP contribution in [0, 0.1) is 0 Å². The normalized spacial score (nSPS) is 11.4. The van der Waals surface area contributed by atoms with E-state index in [2.05, 4.69) is 36.2 Å². The molecule has 0 saturated carbocycles. The molecule has 2 aromatic carbocycles. The summed E-state index contributed by atoms with van der Waals surface area (Å²) >= 11 is 0. The van der Waals surface area contributed by atoms with Gasteiger partial charge in [-0.1, -0.05) is 49.4 Å². The van der Waals surface area contributed by atoms with Gasteiger partial charge in [-0.3, -0.25) is 4.79 Å². The van der Waals surface area contributed by atoms with E-state index in [9.17, 15) is 4.79 Å². The van der Waals surface area contributed by atoms with E-state index in [-0.39, 0.29) is 5.56 Å². The summed E-state index contributed by atoms with van der Waals surface area (Å²) in [6, 6.07) is 16.0. The number of aryl methyl sites for hydroxylation is 2. The van der Waals surface area contributed by atoms with E-state index in [1.54, 1.807) is 17.7 Å². The van der Waals surface area contributed by atoms with Crippen LogP contribution in [0.1, 0.15) is 23.7 Å². The zero-order chi connectivity index (χ0) is 15.5. The smallest absolute Gasteiger partial charge is 0.276 e. The molecule has 3 heteroatoms. The van der Waals surface area contributed by atoms with Crippen molar-refractivity contribution in [3.63, 3.8) is 0 Å². The summed E-state index contributed by atoms with van der Waals surface area (Å²) < 4.78 is 1.64. The molecular formula is C19H18N2O. The first-order chi connectivity index (χ1) is 10.7. The summed E-state index contributed by atoms with van der Waals surface area (Å²) in [4.78, 5) is 16.8. The third kappa shape index (κ3) is 2.70. The maximum absolute atomic E-state index is 12.4. The third-order valence-corrected chi connectivity index (χ3v) is 3.83. The Balaban J connectivity index is 2.01. The number of hydrogen-bond acceptors (Lipinski definition) is 2. The van der Waals surface area contributed by atoms with Gasteiger partial charge >= 0.3 is 0 Å². The first-order valence-electron chi connectivity index (χ1n) is 7.42. The summed E-state index contributed by atoms with van der Waals surface area (Å²) in [7, 11) is 1.78. The van der Waals surface area contributed by atoms with Crippen LogP contribution >= 0.6 is 0 Å². The molecule has 0 aliphatic rings. The fourth-order valence-corrected chi connectivity index (χ4v) is 2.45. The number of benzene rings is 2. The molecule has 0 bridgehead atoms. The van der Waals surface area contributed by atoms with Crippen molar-refractivity contribution in [1.29, 1.82) is 0 Å². The minimum absolute atomic E-state index is 0.0832. The Bertz CT molecular complexity index is 889. The maximum Gasteiger partial charge on any atom is 0.276 e. The van der Waals surface area contributed by atoms with Crippen molar-refractivity contribution in [1.82, 2.24) is 9.55 Å². The number of aromatic nitrogens is 2. The Hall–Kier alpha value is -2.68. The van der Waals surface area contributed by atoms with Gasteiger partial charge in [-0.25, -0.2) is 4.98 Å². The zero-order valence-corrected chi connectivity index (χ0v) is 12.8. The predicted octanol–water partition coefficient (Wildman–Crippen LogP) is 3.67. The third-order valence-electron chi connectivity index (χ3n) is 3.83. The highest BCUT2D eigenvalue weighted by Gasteiger charge is 2.05. The molecular weight excluding hydrogens is 272 g/mol. The van der Waals surface area contributed by atoms with Gasteiger partial charge in [0, 0.05) is 7.05 Å². The van der Waals surface area contributed by atoms with Crippen LogP contribution in [-0.4, -0.2) is 9.55 Å². The van der Waals surface area contributed by atoms with E-state index in [4.69, 9.17) is 0 Å². The van der Waals surface area contributed by atoms with Gasteiger partial charge in [-0.05, 0) is 35.8 Å². The molecule has 0 aliphatic carbocycles. The Morgan fingerprint density at radius 2 is 1.77 bits per heavy atom. The van der Waals surface area contributed by atoms with Crippen LogP contribution in [0.2, 0.25) is 0 Å². The molecule has 0 unspecified atom stereocenters. The van der Waals surface area contributed by atoms with Crippen LogP contribution in [0.25, 0.3) is 23.2 Å². The summed E-state index contributed by atoms with van der Waals surface area (Å²) in [6.07, 6.45) is 4.74. The average molecular weight is 290 g/mol. The first kappa shape index (κ1) is 14.3. The summed E-state index contributed by atoms with van der Waals surface area (Å²) in [6.45, 7) is 2.13. The van der Waals surface area contributed by atoms with Gasteiger partial charge in [-0.2, -0.15) is 0 Å². The number of fused-ring (bicyclic) bond motifs is 1. The lowest BCUT2D eigenvalue weighted by atomic mass is 10.1. The molecule has 0 fully saturated rings. The summed E-state index contributed by atoms with van der Waals surface area (Å²) in [5.74, 6) is 0. The highest BCUT2D eigenvalue weighted by Crippen LogP contribution is 2.11. The Morgan fingerprint density at radius 1 is 1.05 bits per heavy atom. The topological polar surface area (TPSA) is 34.9 Å². The van der Waals surface area contributed by atoms with Crippen molar-refractivity contribution in [2.24, 2.45) is 7.05 Å². The van der Waals surface area contributed by atoms with Crippen molar-refractivity contribution < 1.29 is 0 Å². The molecule has 0 atom stereocenters. The van der Waals surface area contributed by atoms with Gasteiger partial charge in [0.25, 0.3) is 5.56 Å². The van der Waals surface area contributed by atoms with Gasteiger partial charge < -0.3 is 4.57 Å². The SMILES string of the molecule is CCc1ccc(C=Cc2nc3ccccc3n(C)c2=O)cc1. The standard InChI is InChI=1S/C19H18N2O/c1-3-14-8-10-15(11-9-14)12-13-17-19(22)21(2)18-7-5-4-6-16(18)20-17/h4-13H,3H2,1-2H3. The monoisotopic (exact) mass is 290 g/mol. The van der Waals surface area contributed by atoms with Crippen molar-refractivity contribution in [3.05, 3.63) is 75.7 Å². The van der Waals surface area contributed by atoms with Crippen LogP contribution in [0.5, 0.6) is 0 Å². The van der Waals surface area contributed by atoms with Gasteiger partial charge in [0.05, 0.1) is 11.0 Å². The lowest BCUT2D eigenvalue weighted by Crippen LogP contribution is -2.21. The lowest BCUT2D eigenvalue weighted by Gasteiger charge is -2.05. The van der Waals surface area contributed by atoms with Crippen molar-refractivity contribution in [3.8, 4) is 0 Å². The van der Waals surface area contributed by atoms with Crippen LogP contribution in [0.15, 0.2) is 53.3 Å². The summed E-state index contributed by atoms with van der Waals surface area (Å²) in [5, 5.41) is 0. The second kappa shape index (κ2) is 5.98. The first-order valence-corrected chi connectivity index (χ1v) is 7.42. The number of hydrogen-bond donors (Lipinski definition) is 0. The van der Waals surface area contributed by atoms with Crippen LogP contribution in [-0.2, 0) is 13.5 Å². The molecule has 0 radical (unpaired) electrons. The average Bonchev–Trinajstić information content (AvgIpc) is 2.57. The van der Waals surface area contributed by atoms with E-state index in [1.807, 2.05) is 30.3 Å². The molecule has 1 aromatic heterocycles. The molecule has 3 rings (SSSR count). The zero-order valence-electron chi connectivity index (χ0n) is 12.8. The van der Waals surface area contributed by atoms with Crippen molar-refractivity contribution >= 4 is 23.2 Å². The molecule has 0 saturated heterocycles. The Labute approximate surface area is 129 Å². The second-order valence-corrected chi connectivity index (χ2v) is 5.28. The molecule has 1 heterocycles. The molecule has 22 heavy (non-hydrogen) atoms. The highest BCUT2D eigenvalue weighted by atomic mass is 16.1. The van der Waals surface area contributed by atoms with Crippen LogP contribution in [0.3, 0.4) is 0 Å². The number of nitrogens with zero attached hydrogens (tertiary/aromatic N) is 2. The lowest BCUT2D eigenvalue weighted by molar-refractivity contribution is 0.887. The minimum Gasteiger partial charge on any atom is -0.308 e. The molecule has 0 aliphatic heterocycles. The Kier molecular flexibility index (Phi) is 3.88. The quantitative estimate of drug-likeness (QED) is 0.737. The molecule has 110 valence electrons. The molecule has 0 amide bonds. The van der Waals surface area contributed by atoms with E-state index >= 15 is 0 Å². The van der Waals surface area contributed by atoms with Gasteiger partial charge in [0.1, 0.15) is 5.69 Å². The molecule has 3 aromatic rings. The van der Waals surface area contributed by atoms with E-state index < -0.39 is 0 Å². The molecule has 3 nitrogen and oxygen atoms in total. The predicted molar refractivity (Wildman–Crippen MR) is 91.7 cm³/mol. The largest absolute Gasteiger partial charge is 0.308 e. The van der Waals surface area contributed by atoms with Crippen LogP contribution in [0.4, 0.5) is 0 Å². The van der Waals surface area contributed by atoms with Crippen molar-refractivity contribution in [2.75, 3.05) is 0 Å². The fraction of sp³-hybridized carbons (Fsp3) is 0.158.